The fourth-order valence-corrected chi connectivity index (χ4v) is 2.64. The van der Waals surface area contributed by atoms with Crippen LogP contribution in [-0.2, 0) is 14.2 Å². The molecule has 9 heteroatoms. The molecular weight excluding hydrogens is 409 g/mol. The van der Waals surface area contributed by atoms with Gasteiger partial charge in [-0.3, -0.25) is 9.36 Å². The maximum atomic E-state index is 13.5. The molecule has 0 spiro atoms. The third-order valence-electron chi connectivity index (χ3n) is 3.57. The number of aromatic nitrogens is 3. The topological polar surface area (TPSA) is 75.5 Å². The molecule has 2 aromatic heterocycles. The smallest absolute Gasteiger partial charge is 0.271 e. The summed E-state index contributed by atoms with van der Waals surface area (Å²) in [5, 5.41) is -0.0382. The van der Waals surface area contributed by atoms with Crippen molar-refractivity contribution < 1.29 is 18.6 Å². The second-order valence-electron chi connectivity index (χ2n) is 5.46. The van der Waals surface area contributed by atoms with Crippen molar-refractivity contribution in [3.63, 3.8) is 0 Å². The lowest BCUT2D eigenvalue weighted by Gasteiger charge is -2.15. The van der Waals surface area contributed by atoms with Crippen molar-refractivity contribution in [3.05, 3.63) is 33.3 Å². The minimum atomic E-state index is -0.759. The van der Waals surface area contributed by atoms with Crippen LogP contribution in [0.1, 0.15) is 39.7 Å². The third kappa shape index (κ3) is 5.29. The Morgan fingerprint density at radius 3 is 2.27 bits per heavy atom. The van der Waals surface area contributed by atoms with Crippen LogP contribution >= 0.6 is 15.9 Å². The van der Waals surface area contributed by atoms with Crippen molar-refractivity contribution in [1.29, 1.82) is 0 Å². The first kappa shape index (κ1) is 20.9. The number of ether oxygens (including phenoxy) is 3. The Kier molecular flexibility index (Phi) is 8.08. The van der Waals surface area contributed by atoms with Gasteiger partial charge in [0.2, 0.25) is 5.95 Å². The van der Waals surface area contributed by atoms with Gasteiger partial charge in [0.15, 0.2) is 0 Å². The van der Waals surface area contributed by atoms with E-state index in [2.05, 4.69) is 25.9 Å². The maximum Gasteiger partial charge on any atom is 0.271 e. The lowest BCUT2D eigenvalue weighted by Crippen LogP contribution is -2.21. The first-order valence-electron chi connectivity index (χ1n) is 8.59. The van der Waals surface area contributed by atoms with Gasteiger partial charge >= 0.3 is 0 Å². The molecule has 0 amide bonds. The van der Waals surface area contributed by atoms with Gasteiger partial charge in [-0.25, -0.2) is 9.97 Å². The predicted molar refractivity (Wildman–Crippen MR) is 98.4 cm³/mol. The first-order valence-corrected chi connectivity index (χ1v) is 9.38. The van der Waals surface area contributed by atoms with E-state index in [1.54, 1.807) is 0 Å². The van der Waals surface area contributed by atoms with Crippen molar-refractivity contribution in [3.8, 4) is 0 Å². The highest BCUT2D eigenvalue weighted by Crippen LogP contribution is 2.33. The van der Waals surface area contributed by atoms with Gasteiger partial charge in [-0.1, -0.05) is 0 Å². The summed E-state index contributed by atoms with van der Waals surface area (Å²) in [6.45, 7) is 7.10. The quantitative estimate of drug-likeness (QED) is 0.493. The minimum absolute atomic E-state index is 0.0382. The molecule has 0 N–H and O–H groups in total. The van der Waals surface area contributed by atoms with Gasteiger partial charge in [-0.05, 0) is 49.5 Å². The van der Waals surface area contributed by atoms with E-state index >= 15 is 0 Å². The molecule has 3 rings (SSSR count). The molecule has 0 aliphatic heterocycles. The molecule has 26 heavy (non-hydrogen) atoms. The second-order valence-corrected chi connectivity index (χ2v) is 6.32. The molecule has 2 aromatic rings. The number of halogens is 2. The van der Waals surface area contributed by atoms with Crippen LogP contribution in [0.5, 0.6) is 0 Å². The number of hydrogen-bond donors (Lipinski definition) is 0. The van der Waals surface area contributed by atoms with E-state index in [1.807, 2.05) is 20.8 Å². The average molecular weight is 432 g/mol. The van der Waals surface area contributed by atoms with E-state index in [0.29, 0.717) is 29.8 Å². The summed E-state index contributed by atoms with van der Waals surface area (Å²) < 4.78 is 30.8. The molecule has 144 valence electrons. The van der Waals surface area contributed by atoms with Crippen LogP contribution in [0.3, 0.4) is 0 Å². The Balaban J connectivity index is 0.000000213. The minimum Gasteiger partial charge on any atom is -0.330 e. The molecule has 0 bridgehead atoms. The summed E-state index contributed by atoms with van der Waals surface area (Å²) in [6, 6.07) is 0.183. The van der Waals surface area contributed by atoms with Crippen molar-refractivity contribution in [2.75, 3.05) is 19.8 Å². The van der Waals surface area contributed by atoms with Gasteiger partial charge in [-0.2, -0.15) is 4.39 Å². The Morgan fingerprint density at radius 1 is 1.19 bits per heavy atom. The van der Waals surface area contributed by atoms with Crippen LogP contribution in [0.2, 0.25) is 0 Å². The number of fused-ring (bicyclic) bond motifs is 1. The van der Waals surface area contributed by atoms with Gasteiger partial charge in [-0.15, -0.1) is 0 Å². The molecule has 1 fully saturated rings. The van der Waals surface area contributed by atoms with Gasteiger partial charge in [0.1, 0.15) is 5.39 Å². The van der Waals surface area contributed by atoms with E-state index in [1.165, 1.54) is 17.1 Å². The number of nitrogens with zero attached hydrogens (tertiary/aromatic N) is 3. The largest absolute Gasteiger partial charge is 0.330 e. The van der Waals surface area contributed by atoms with E-state index in [4.69, 9.17) is 14.2 Å². The van der Waals surface area contributed by atoms with Crippen LogP contribution < -0.4 is 5.56 Å². The molecule has 2 heterocycles. The van der Waals surface area contributed by atoms with Crippen LogP contribution in [0, 0.1) is 5.95 Å². The van der Waals surface area contributed by atoms with E-state index in [-0.39, 0.29) is 17.0 Å². The predicted octanol–water partition coefficient (Wildman–Crippen LogP) is 3.41. The SMILES string of the molecule is CCOC(OCC)OCC.O=c1c2c(F)ncc(Br)c2ncn1C1CC1. The van der Waals surface area contributed by atoms with Gasteiger partial charge in [0.05, 0.1) is 16.3 Å². The zero-order valence-electron chi connectivity index (χ0n) is 15.1. The molecule has 0 unspecified atom stereocenters. The van der Waals surface area contributed by atoms with Crippen LogP contribution in [0.15, 0.2) is 21.8 Å². The van der Waals surface area contributed by atoms with E-state index < -0.39 is 12.4 Å². The van der Waals surface area contributed by atoms with E-state index in [0.717, 1.165) is 12.8 Å². The summed E-state index contributed by atoms with van der Waals surface area (Å²) in [6.07, 6.45) is 4.70. The number of rotatable bonds is 7. The van der Waals surface area contributed by atoms with Crippen molar-refractivity contribution in [1.82, 2.24) is 14.5 Å². The molecule has 0 atom stereocenters. The average Bonchev–Trinajstić information content (AvgIpc) is 3.44. The fraction of sp³-hybridized carbons (Fsp3) is 0.588. The summed E-state index contributed by atoms with van der Waals surface area (Å²) in [4.78, 5) is 19.6. The number of pyridine rings is 1. The molecule has 7 nitrogen and oxygen atoms in total. The molecular formula is C17H23BrFN3O4. The zero-order chi connectivity index (χ0) is 19.1. The van der Waals surface area contributed by atoms with Gasteiger partial charge < -0.3 is 14.2 Å². The first-order chi connectivity index (χ1) is 12.5. The maximum absolute atomic E-state index is 13.5. The highest BCUT2D eigenvalue weighted by atomic mass is 79.9. The normalized spacial score (nSPS) is 13.8. The highest BCUT2D eigenvalue weighted by Gasteiger charge is 2.26. The third-order valence-corrected chi connectivity index (χ3v) is 4.15. The highest BCUT2D eigenvalue weighted by molar-refractivity contribution is 9.10. The van der Waals surface area contributed by atoms with Crippen molar-refractivity contribution >= 4 is 26.8 Å². The summed E-state index contributed by atoms with van der Waals surface area (Å²) in [7, 11) is 0. The van der Waals surface area contributed by atoms with Crippen molar-refractivity contribution in [2.45, 2.75) is 46.1 Å². The molecule has 1 saturated carbocycles. The molecule has 0 aromatic carbocycles. The van der Waals surface area contributed by atoms with Gasteiger partial charge in [0.25, 0.3) is 12.0 Å². The lowest BCUT2D eigenvalue weighted by molar-refractivity contribution is -0.282. The van der Waals surface area contributed by atoms with Crippen LogP contribution in [0.4, 0.5) is 4.39 Å². The molecule has 1 aliphatic carbocycles. The van der Waals surface area contributed by atoms with Crippen LogP contribution in [-0.4, -0.2) is 40.8 Å². The monoisotopic (exact) mass is 431 g/mol. The lowest BCUT2D eigenvalue weighted by atomic mass is 10.3. The van der Waals surface area contributed by atoms with E-state index in [9.17, 15) is 9.18 Å². The summed E-state index contributed by atoms with van der Waals surface area (Å²) >= 11 is 3.20. The van der Waals surface area contributed by atoms with Gasteiger partial charge in [0, 0.05) is 32.1 Å². The van der Waals surface area contributed by atoms with Crippen LogP contribution in [0.25, 0.3) is 10.9 Å². The molecule has 0 saturated heterocycles. The molecule has 1 aliphatic rings. The Labute approximate surface area is 159 Å². The summed E-state index contributed by atoms with van der Waals surface area (Å²) in [5.41, 5.74) is -0.0202. The number of hydrogen-bond acceptors (Lipinski definition) is 6. The standard InChI is InChI=1S/C10H7BrFN3O.C7H16O3/c11-6-3-13-9(12)7-8(6)14-4-15(10(7)16)5-1-2-5;1-4-8-7(9-5-2)10-6-3/h3-5H,1-2H2;7H,4-6H2,1-3H3. The fourth-order valence-electron chi connectivity index (χ4n) is 2.24. The molecule has 0 radical (unpaired) electrons. The Bertz CT molecular complexity index is 768. The zero-order valence-corrected chi connectivity index (χ0v) is 16.7. The van der Waals surface area contributed by atoms with Crippen molar-refractivity contribution in [2.24, 2.45) is 0 Å². The Morgan fingerprint density at radius 2 is 1.77 bits per heavy atom. The Hall–Kier alpha value is -1.42. The summed E-state index contributed by atoms with van der Waals surface area (Å²) in [5.74, 6) is -0.759. The second kappa shape index (κ2) is 10.1.